The van der Waals surface area contributed by atoms with Gasteiger partial charge < -0.3 is 5.32 Å². The summed E-state index contributed by atoms with van der Waals surface area (Å²) in [5.41, 5.74) is 1.49. The van der Waals surface area contributed by atoms with Crippen LogP contribution in [0.2, 0.25) is 0 Å². The Morgan fingerprint density at radius 2 is 1.61 bits per heavy atom. The lowest BCUT2D eigenvalue weighted by Gasteiger charge is -2.07. The van der Waals surface area contributed by atoms with E-state index in [2.05, 4.69) is 10.0 Å². The van der Waals surface area contributed by atoms with Crippen LogP contribution in [0.1, 0.15) is 4.88 Å². The number of hydrogen-bond acceptors (Lipinski definition) is 4. The monoisotopic (exact) mass is 282 g/mol. The van der Waals surface area contributed by atoms with Crippen LogP contribution in [0.4, 0.5) is 11.4 Å². The molecule has 96 valence electrons. The summed E-state index contributed by atoms with van der Waals surface area (Å²) in [6, 6.07) is 10.5. The third kappa shape index (κ3) is 2.83. The highest BCUT2D eigenvalue weighted by molar-refractivity contribution is 7.94. The van der Waals surface area contributed by atoms with Crippen LogP contribution < -0.4 is 10.0 Å². The van der Waals surface area contributed by atoms with Crippen molar-refractivity contribution in [1.29, 1.82) is 0 Å². The molecule has 6 heteroatoms. The first-order chi connectivity index (χ1) is 8.51. The second-order valence-electron chi connectivity index (χ2n) is 3.80. The molecule has 4 nitrogen and oxygen atoms in total. The first kappa shape index (κ1) is 12.9. The summed E-state index contributed by atoms with van der Waals surface area (Å²) in [5, 5.41) is 2.98. The van der Waals surface area contributed by atoms with Crippen molar-refractivity contribution in [3.63, 3.8) is 0 Å². The summed E-state index contributed by atoms with van der Waals surface area (Å²) < 4.78 is 27.0. The second kappa shape index (κ2) is 4.99. The molecular weight excluding hydrogens is 268 g/mol. The van der Waals surface area contributed by atoms with Crippen LogP contribution in [0.3, 0.4) is 0 Å². The molecule has 1 aromatic carbocycles. The van der Waals surface area contributed by atoms with Gasteiger partial charge in [0.1, 0.15) is 4.21 Å². The molecule has 1 aromatic heterocycles. The molecule has 18 heavy (non-hydrogen) atoms. The Bertz CT molecular complexity index is 630. The van der Waals surface area contributed by atoms with Crippen molar-refractivity contribution >= 4 is 32.7 Å². The van der Waals surface area contributed by atoms with Gasteiger partial charge >= 0.3 is 0 Å². The Labute approximate surface area is 111 Å². The van der Waals surface area contributed by atoms with Gasteiger partial charge in [-0.3, -0.25) is 4.72 Å². The van der Waals surface area contributed by atoms with Crippen LogP contribution in [0.5, 0.6) is 0 Å². The van der Waals surface area contributed by atoms with Gasteiger partial charge in [0, 0.05) is 23.3 Å². The van der Waals surface area contributed by atoms with Crippen molar-refractivity contribution in [2.75, 3.05) is 17.1 Å². The third-order valence-corrected chi connectivity index (χ3v) is 5.28. The first-order valence-corrected chi connectivity index (χ1v) is 7.68. The third-order valence-electron chi connectivity index (χ3n) is 2.41. The maximum absolute atomic E-state index is 12.1. The van der Waals surface area contributed by atoms with Gasteiger partial charge in [-0.1, -0.05) is 0 Å². The lowest BCUT2D eigenvalue weighted by atomic mass is 10.3. The molecule has 0 atom stereocenters. The summed E-state index contributed by atoms with van der Waals surface area (Å²) in [7, 11) is -1.65. The largest absolute Gasteiger partial charge is 0.388 e. The van der Waals surface area contributed by atoms with Crippen LogP contribution in [-0.2, 0) is 10.0 Å². The van der Waals surface area contributed by atoms with Gasteiger partial charge in [0.05, 0.1) is 0 Å². The number of rotatable bonds is 4. The molecule has 0 bridgehead atoms. The number of aryl methyl sites for hydroxylation is 1. The molecule has 2 rings (SSSR count). The molecule has 0 saturated carbocycles. The van der Waals surface area contributed by atoms with Crippen LogP contribution >= 0.6 is 11.3 Å². The van der Waals surface area contributed by atoms with E-state index in [1.54, 1.807) is 24.3 Å². The Morgan fingerprint density at radius 3 is 2.11 bits per heavy atom. The topological polar surface area (TPSA) is 58.2 Å². The minimum atomic E-state index is -3.46. The lowest BCUT2D eigenvalue weighted by Crippen LogP contribution is -2.11. The molecule has 2 aromatic rings. The molecule has 0 aliphatic rings. The predicted octanol–water partition coefficient (Wildman–Crippen LogP) is 2.90. The van der Waals surface area contributed by atoms with Crippen LogP contribution in [0, 0.1) is 6.92 Å². The zero-order chi connectivity index (χ0) is 13.2. The van der Waals surface area contributed by atoms with Crippen molar-refractivity contribution in [3.8, 4) is 0 Å². The van der Waals surface area contributed by atoms with Crippen molar-refractivity contribution < 1.29 is 8.42 Å². The second-order valence-corrected chi connectivity index (χ2v) is 7.00. The van der Waals surface area contributed by atoms with Crippen LogP contribution in [0.25, 0.3) is 0 Å². The number of benzene rings is 1. The Kier molecular flexibility index (Phi) is 3.58. The van der Waals surface area contributed by atoms with E-state index in [1.807, 2.05) is 26.1 Å². The summed E-state index contributed by atoms with van der Waals surface area (Å²) in [6.45, 7) is 1.88. The van der Waals surface area contributed by atoms with Gasteiger partial charge in [-0.2, -0.15) is 0 Å². The molecule has 1 heterocycles. The number of sulfonamides is 1. The zero-order valence-corrected chi connectivity index (χ0v) is 11.7. The van der Waals surface area contributed by atoms with Crippen molar-refractivity contribution in [3.05, 3.63) is 41.3 Å². The SMILES string of the molecule is CNc1ccc(NS(=O)(=O)c2ccc(C)s2)cc1. The number of anilines is 2. The van der Waals surface area contributed by atoms with E-state index < -0.39 is 10.0 Å². The van der Waals surface area contributed by atoms with Gasteiger partial charge in [0.2, 0.25) is 0 Å². The molecule has 0 spiro atoms. The molecule has 0 radical (unpaired) electrons. The Balaban J connectivity index is 2.22. The fraction of sp³-hybridized carbons (Fsp3) is 0.167. The minimum Gasteiger partial charge on any atom is -0.388 e. The number of thiophene rings is 1. The lowest BCUT2D eigenvalue weighted by molar-refractivity contribution is 0.603. The van der Waals surface area contributed by atoms with Crippen LogP contribution in [0.15, 0.2) is 40.6 Å². The summed E-state index contributed by atoms with van der Waals surface area (Å²) in [5.74, 6) is 0. The zero-order valence-electron chi connectivity index (χ0n) is 10.1. The van der Waals surface area contributed by atoms with E-state index in [0.29, 0.717) is 9.90 Å². The summed E-state index contributed by atoms with van der Waals surface area (Å²) in [4.78, 5) is 0.973. The average Bonchev–Trinajstić information content (AvgIpc) is 2.77. The molecular formula is C12H14N2O2S2. The van der Waals surface area contributed by atoms with Crippen molar-refractivity contribution in [1.82, 2.24) is 0 Å². The summed E-state index contributed by atoms with van der Waals surface area (Å²) >= 11 is 1.26. The smallest absolute Gasteiger partial charge is 0.271 e. The van der Waals surface area contributed by atoms with E-state index >= 15 is 0 Å². The maximum atomic E-state index is 12.1. The summed E-state index contributed by atoms with van der Waals surface area (Å²) in [6.07, 6.45) is 0. The van der Waals surface area contributed by atoms with Gasteiger partial charge in [0.25, 0.3) is 10.0 Å². The highest BCUT2D eigenvalue weighted by Gasteiger charge is 2.15. The first-order valence-electron chi connectivity index (χ1n) is 5.38. The van der Waals surface area contributed by atoms with E-state index in [-0.39, 0.29) is 0 Å². The number of hydrogen-bond donors (Lipinski definition) is 2. The molecule has 0 amide bonds. The van der Waals surface area contributed by atoms with Crippen LogP contribution in [-0.4, -0.2) is 15.5 Å². The minimum absolute atomic E-state index is 0.331. The Hall–Kier alpha value is -1.53. The van der Waals surface area contributed by atoms with Crippen molar-refractivity contribution in [2.24, 2.45) is 0 Å². The molecule has 0 aliphatic heterocycles. The highest BCUT2D eigenvalue weighted by atomic mass is 32.2. The average molecular weight is 282 g/mol. The molecule has 0 unspecified atom stereocenters. The van der Waals surface area contributed by atoms with E-state index in [1.165, 1.54) is 11.3 Å². The van der Waals surface area contributed by atoms with Crippen molar-refractivity contribution in [2.45, 2.75) is 11.1 Å². The standard InChI is InChI=1S/C12H14N2O2S2/c1-9-3-8-12(17-9)18(15,16)14-11-6-4-10(13-2)5-7-11/h3-8,13-14H,1-2H3. The quantitative estimate of drug-likeness (QED) is 0.906. The fourth-order valence-electron chi connectivity index (χ4n) is 1.47. The maximum Gasteiger partial charge on any atom is 0.271 e. The highest BCUT2D eigenvalue weighted by Crippen LogP contribution is 2.23. The number of nitrogens with one attached hydrogen (secondary N) is 2. The molecule has 0 aliphatic carbocycles. The molecule has 2 N–H and O–H groups in total. The fourth-order valence-corrected chi connectivity index (χ4v) is 3.81. The normalized spacial score (nSPS) is 11.2. The van der Waals surface area contributed by atoms with Gasteiger partial charge in [-0.05, 0) is 43.3 Å². The molecule has 0 saturated heterocycles. The molecule has 0 fully saturated rings. The van der Waals surface area contributed by atoms with Gasteiger partial charge in [-0.15, -0.1) is 11.3 Å². The Morgan fingerprint density at radius 1 is 1.00 bits per heavy atom. The van der Waals surface area contributed by atoms with E-state index in [0.717, 1.165) is 10.6 Å². The van der Waals surface area contributed by atoms with E-state index in [9.17, 15) is 8.42 Å². The predicted molar refractivity (Wildman–Crippen MR) is 75.9 cm³/mol. The van der Waals surface area contributed by atoms with Gasteiger partial charge in [-0.25, -0.2) is 8.42 Å². The van der Waals surface area contributed by atoms with Gasteiger partial charge in [0.15, 0.2) is 0 Å². The van der Waals surface area contributed by atoms with E-state index in [4.69, 9.17) is 0 Å².